The summed E-state index contributed by atoms with van der Waals surface area (Å²) < 4.78 is 0. The molecular formula is C34H26N4. The summed E-state index contributed by atoms with van der Waals surface area (Å²) in [4.78, 5) is 4.82. The molecule has 0 aliphatic carbocycles. The molecule has 2 heterocycles. The van der Waals surface area contributed by atoms with Crippen LogP contribution in [0.3, 0.4) is 0 Å². The molecule has 0 amide bonds. The summed E-state index contributed by atoms with van der Waals surface area (Å²) >= 11 is 0. The van der Waals surface area contributed by atoms with Crippen LogP contribution >= 0.6 is 0 Å². The van der Waals surface area contributed by atoms with E-state index in [1.807, 2.05) is 67.0 Å². The number of pyridine rings is 1. The van der Waals surface area contributed by atoms with E-state index in [1.54, 1.807) is 0 Å². The van der Waals surface area contributed by atoms with Crippen LogP contribution in [0.4, 0.5) is 5.69 Å². The highest BCUT2D eigenvalue weighted by Crippen LogP contribution is 2.31. The molecule has 0 spiro atoms. The van der Waals surface area contributed by atoms with Gasteiger partial charge < -0.3 is 11.2 Å². The SMILES string of the molecule is C=C1/C=C(c2ccc3cc(-c4cccc(/C(=N\N)c5ccccc5)c4)cnc3c2)\C=C/Nc2ccccc21. The van der Waals surface area contributed by atoms with Gasteiger partial charge in [-0.2, -0.15) is 5.10 Å². The van der Waals surface area contributed by atoms with Crippen molar-refractivity contribution in [1.29, 1.82) is 0 Å². The fraction of sp³-hybridized carbons (Fsp3) is 0. The number of fused-ring (bicyclic) bond motifs is 2. The van der Waals surface area contributed by atoms with Crippen molar-refractivity contribution < 1.29 is 0 Å². The largest absolute Gasteiger partial charge is 0.361 e. The predicted molar refractivity (Wildman–Crippen MR) is 160 cm³/mol. The van der Waals surface area contributed by atoms with Crippen molar-refractivity contribution in [1.82, 2.24) is 4.98 Å². The van der Waals surface area contributed by atoms with Crippen molar-refractivity contribution in [3.63, 3.8) is 0 Å². The minimum absolute atomic E-state index is 0.755. The van der Waals surface area contributed by atoms with E-state index in [1.165, 1.54) is 0 Å². The Morgan fingerprint density at radius 1 is 0.763 bits per heavy atom. The van der Waals surface area contributed by atoms with E-state index in [2.05, 4.69) is 77.7 Å². The topological polar surface area (TPSA) is 63.3 Å². The van der Waals surface area contributed by atoms with Crippen LogP contribution in [0, 0.1) is 0 Å². The number of aromatic nitrogens is 1. The van der Waals surface area contributed by atoms with Gasteiger partial charge in [0.15, 0.2) is 0 Å². The van der Waals surface area contributed by atoms with Crippen molar-refractivity contribution in [2.75, 3.05) is 5.32 Å². The summed E-state index contributed by atoms with van der Waals surface area (Å²) in [6, 6.07) is 35.0. The van der Waals surface area contributed by atoms with Gasteiger partial charge in [0.2, 0.25) is 0 Å². The van der Waals surface area contributed by atoms with Crippen molar-refractivity contribution in [2.45, 2.75) is 0 Å². The molecular weight excluding hydrogens is 464 g/mol. The lowest BCUT2D eigenvalue weighted by molar-refractivity contribution is 1.24. The lowest BCUT2D eigenvalue weighted by Crippen LogP contribution is -2.06. The molecule has 0 bridgehead atoms. The third-order valence-electron chi connectivity index (χ3n) is 6.77. The van der Waals surface area contributed by atoms with Crippen molar-refractivity contribution in [3.8, 4) is 11.1 Å². The van der Waals surface area contributed by atoms with Crippen LogP contribution in [0.25, 0.3) is 33.2 Å². The van der Waals surface area contributed by atoms with E-state index >= 15 is 0 Å². The molecule has 38 heavy (non-hydrogen) atoms. The molecule has 4 heteroatoms. The minimum atomic E-state index is 0.755. The van der Waals surface area contributed by atoms with Gasteiger partial charge in [0.1, 0.15) is 0 Å². The van der Waals surface area contributed by atoms with E-state index in [-0.39, 0.29) is 0 Å². The molecule has 5 aromatic rings. The van der Waals surface area contributed by atoms with Gasteiger partial charge >= 0.3 is 0 Å². The van der Waals surface area contributed by atoms with Crippen LogP contribution in [0.2, 0.25) is 0 Å². The number of nitrogens with one attached hydrogen (secondary N) is 1. The number of hydrazone groups is 1. The zero-order chi connectivity index (χ0) is 25.9. The van der Waals surface area contributed by atoms with Crippen LogP contribution in [0.5, 0.6) is 0 Å². The molecule has 0 unspecified atom stereocenters. The zero-order valence-corrected chi connectivity index (χ0v) is 20.8. The van der Waals surface area contributed by atoms with Gasteiger partial charge in [-0.1, -0.05) is 85.4 Å². The van der Waals surface area contributed by atoms with E-state index in [4.69, 9.17) is 10.8 Å². The molecule has 4 aromatic carbocycles. The van der Waals surface area contributed by atoms with E-state index in [0.717, 1.165) is 66.8 Å². The quantitative estimate of drug-likeness (QED) is 0.154. The van der Waals surface area contributed by atoms with Gasteiger partial charge in [-0.05, 0) is 58.7 Å². The maximum absolute atomic E-state index is 5.78. The summed E-state index contributed by atoms with van der Waals surface area (Å²) in [5.41, 5.74) is 11.0. The molecule has 3 N–H and O–H groups in total. The Balaban J connectivity index is 1.33. The first-order valence-electron chi connectivity index (χ1n) is 12.5. The fourth-order valence-electron chi connectivity index (χ4n) is 4.82. The molecule has 0 atom stereocenters. The van der Waals surface area contributed by atoms with Crippen molar-refractivity contribution >= 4 is 33.4 Å². The first-order valence-corrected chi connectivity index (χ1v) is 12.5. The highest BCUT2D eigenvalue weighted by molar-refractivity contribution is 6.13. The average Bonchev–Trinajstić information content (AvgIpc) is 2.96. The lowest BCUT2D eigenvalue weighted by Gasteiger charge is -2.14. The second-order valence-corrected chi connectivity index (χ2v) is 9.20. The number of benzene rings is 4. The minimum Gasteiger partial charge on any atom is -0.361 e. The third kappa shape index (κ3) is 4.51. The molecule has 0 saturated carbocycles. The molecule has 182 valence electrons. The molecule has 0 radical (unpaired) electrons. The van der Waals surface area contributed by atoms with Crippen LogP contribution in [0.15, 0.2) is 139 Å². The Labute approximate surface area is 222 Å². The summed E-state index contributed by atoms with van der Waals surface area (Å²) in [6.45, 7) is 4.30. The molecule has 4 nitrogen and oxygen atoms in total. The molecule has 1 aromatic heterocycles. The predicted octanol–water partition coefficient (Wildman–Crippen LogP) is 7.65. The number of hydrogen-bond acceptors (Lipinski definition) is 4. The number of nitrogens with two attached hydrogens (primary N) is 1. The summed E-state index contributed by atoms with van der Waals surface area (Å²) in [5, 5.41) is 8.52. The van der Waals surface area contributed by atoms with E-state index < -0.39 is 0 Å². The standard InChI is InChI=1S/C34H26N4/c1-23-18-27(16-17-36-32-13-6-5-12-31(23)32)26-14-15-28-20-30(22-37-33(28)21-26)25-10-7-11-29(19-25)34(38-35)24-8-3-2-4-9-24/h2-22,36H,1,35H2/b17-16-,27-18+,38-34-. The van der Waals surface area contributed by atoms with Gasteiger partial charge in [0.25, 0.3) is 0 Å². The van der Waals surface area contributed by atoms with Gasteiger partial charge in [-0.15, -0.1) is 0 Å². The van der Waals surface area contributed by atoms with Crippen LogP contribution < -0.4 is 11.2 Å². The Morgan fingerprint density at radius 2 is 1.58 bits per heavy atom. The first-order chi connectivity index (χ1) is 18.7. The zero-order valence-electron chi connectivity index (χ0n) is 20.8. The molecule has 0 fully saturated rings. The Hall–Kier alpha value is -5.22. The first kappa shape index (κ1) is 23.2. The number of para-hydroxylation sites is 1. The third-order valence-corrected chi connectivity index (χ3v) is 6.77. The summed E-state index contributed by atoms with van der Waals surface area (Å²) in [6.07, 6.45) is 8.09. The monoisotopic (exact) mass is 490 g/mol. The molecule has 6 rings (SSSR count). The van der Waals surface area contributed by atoms with E-state index in [9.17, 15) is 0 Å². The fourth-order valence-corrected chi connectivity index (χ4v) is 4.82. The smallest absolute Gasteiger partial charge is 0.0971 e. The average molecular weight is 491 g/mol. The number of hydrogen-bond donors (Lipinski definition) is 2. The molecule has 0 saturated heterocycles. The van der Waals surface area contributed by atoms with E-state index in [0.29, 0.717) is 0 Å². The summed E-state index contributed by atoms with van der Waals surface area (Å²) in [5.74, 6) is 5.78. The summed E-state index contributed by atoms with van der Waals surface area (Å²) in [7, 11) is 0. The number of rotatable bonds is 4. The number of anilines is 1. The van der Waals surface area contributed by atoms with Crippen molar-refractivity contribution in [3.05, 3.63) is 157 Å². The molecule has 1 aliphatic heterocycles. The Morgan fingerprint density at radius 3 is 2.45 bits per heavy atom. The normalized spacial score (nSPS) is 15.5. The van der Waals surface area contributed by atoms with Crippen LogP contribution in [-0.4, -0.2) is 10.7 Å². The maximum atomic E-state index is 5.78. The lowest BCUT2D eigenvalue weighted by atomic mass is 9.95. The van der Waals surface area contributed by atoms with Crippen LogP contribution in [0.1, 0.15) is 22.3 Å². The van der Waals surface area contributed by atoms with Gasteiger partial charge in [0, 0.05) is 45.7 Å². The van der Waals surface area contributed by atoms with Gasteiger partial charge in [-0.25, -0.2) is 0 Å². The maximum Gasteiger partial charge on any atom is 0.0971 e. The Bertz CT molecular complexity index is 1760. The number of nitrogens with zero attached hydrogens (tertiary/aromatic N) is 2. The van der Waals surface area contributed by atoms with Crippen LogP contribution in [-0.2, 0) is 0 Å². The highest BCUT2D eigenvalue weighted by atomic mass is 15.1. The van der Waals surface area contributed by atoms with Gasteiger partial charge in [0.05, 0.1) is 11.2 Å². The van der Waals surface area contributed by atoms with Gasteiger partial charge in [-0.3, -0.25) is 4.98 Å². The highest BCUT2D eigenvalue weighted by Gasteiger charge is 2.11. The second kappa shape index (κ2) is 10.0. The second-order valence-electron chi connectivity index (χ2n) is 9.20. The number of allylic oxidation sites excluding steroid dienone is 4. The van der Waals surface area contributed by atoms with Crippen molar-refractivity contribution in [2.24, 2.45) is 10.9 Å². The molecule has 1 aliphatic rings. The Kier molecular flexibility index (Phi) is 6.12.